The molecule has 1 aliphatic carbocycles. The fourth-order valence-corrected chi connectivity index (χ4v) is 4.50. The van der Waals surface area contributed by atoms with Gasteiger partial charge in [-0.3, -0.25) is 10.1 Å². The number of hydrogen-bond donors (Lipinski definition) is 1. The van der Waals surface area contributed by atoms with Gasteiger partial charge in [0.15, 0.2) is 0 Å². The highest BCUT2D eigenvalue weighted by molar-refractivity contribution is 5.95. The third kappa shape index (κ3) is 3.46. The second kappa shape index (κ2) is 7.58. The summed E-state index contributed by atoms with van der Waals surface area (Å²) in [4.78, 5) is 33.4. The molecule has 5 rings (SSSR count). The van der Waals surface area contributed by atoms with Gasteiger partial charge in [-0.25, -0.2) is 19.2 Å². The molecule has 31 heavy (non-hydrogen) atoms. The predicted octanol–water partition coefficient (Wildman–Crippen LogP) is 4.48. The molecule has 1 aliphatic heterocycles. The number of amides is 1. The average Bonchev–Trinajstić information content (AvgIpc) is 3.07. The summed E-state index contributed by atoms with van der Waals surface area (Å²) in [5.41, 5.74) is 1.65. The number of hydrogen-bond acceptors (Lipinski definition) is 5. The molecule has 0 saturated heterocycles. The minimum Gasteiger partial charge on any atom is -0.450 e. The lowest BCUT2D eigenvalue weighted by Crippen LogP contribution is -2.36. The van der Waals surface area contributed by atoms with Crippen molar-refractivity contribution in [3.8, 4) is 11.1 Å². The second-order valence-corrected chi connectivity index (χ2v) is 7.97. The number of ether oxygens (including phenoxy) is 1. The van der Waals surface area contributed by atoms with Crippen LogP contribution in [0.15, 0.2) is 60.9 Å². The van der Waals surface area contributed by atoms with Gasteiger partial charge in [0.25, 0.3) is 0 Å². The topological polar surface area (TPSA) is 81.2 Å². The molecule has 7 heteroatoms. The van der Waals surface area contributed by atoms with Gasteiger partial charge in [-0.1, -0.05) is 42.5 Å². The Balaban J connectivity index is 1.24. The molecule has 1 fully saturated rings. The lowest BCUT2D eigenvalue weighted by molar-refractivity contribution is -0.122. The molecule has 2 aromatic carbocycles. The summed E-state index contributed by atoms with van der Waals surface area (Å²) < 4.78 is 19.7. The lowest BCUT2D eigenvalue weighted by Gasteiger charge is -2.35. The van der Waals surface area contributed by atoms with E-state index in [4.69, 9.17) is 4.74 Å². The Bertz CT molecular complexity index is 1140. The Morgan fingerprint density at radius 1 is 1.00 bits per heavy atom. The SMILES string of the molecule is O=C1OC2(CCC(C(=O)Nc3ncc(-c4ccccc4)cn3)CC2)c2cccc(F)c21. The van der Waals surface area contributed by atoms with Crippen molar-refractivity contribution in [3.63, 3.8) is 0 Å². The lowest BCUT2D eigenvalue weighted by atomic mass is 9.74. The molecular weight excluding hydrogens is 397 g/mol. The van der Waals surface area contributed by atoms with Crippen LogP contribution in [0.4, 0.5) is 10.3 Å². The van der Waals surface area contributed by atoms with E-state index < -0.39 is 17.4 Å². The van der Waals surface area contributed by atoms with Gasteiger partial charge in [-0.2, -0.15) is 0 Å². The van der Waals surface area contributed by atoms with Crippen molar-refractivity contribution < 1.29 is 18.7 Å². The summed E-state index contributed by atoms with van der Waals surface area (Å²) in [6.45, 7) is 0. The summed E-state index contributed by atoms with van der Waals surface area (Å²) in [5, 5.41) is 2.78. The number of carbonyl (C=O) groups is 2. The van der Waals surface area contributed by atoms with Crippen LogP contribution in [0.2, 0.25) is 0 Å². The van der Waals surface area contributed by atoms with Gasteiger partial charge >= 0.3 is 5.97 Å². The van der Waals surface area contributed by atoms with E-state index in [9.17, 15) is 14.0 Å². The van der Waals surface area contributed by atoms with E-state index in [1.807, 2.05) is 30.3 Å². The standard InChI is InChI=1S/C24H20FN3O3/c25-19-8-4-7-18-20(19)22(30)31-24(18)11-9-16(10-12-24)21(29)28-23-26-13-17(14-27-23)15-5-2-1-3-6-15/h1-8,13-14,16H,9-12H2,(H,26,27,28,29). The van der Waals surface area contributed by atoms with Gasteiger partial charge in [-0.15, -0.1) is 0 Å². The third-order valence-electron chi connectivity index (χ3n) is 6.15. The fraction of sp³-hybridized carbons (Fsp3) is 0.250. The number of benzene rings is 2. The van der Waals surface area contributed by atoms with Crippen molar-refractivity contribution in [2.75, 3.05) is 5.32 Å². The molecule has 0 bridgehead atoms. The number of anilines is 1. The number of aromatic nitrogens is 2. The number of halogens is 1. The Morgan fingerprint density at radius 2 is 1.71 bits per heavy atom. The van der Waals surface area contributed by atoms with Gasteiger partial charge in [0, 0.05) is 29.4 Å². The zero-order chi connectivity index (χ0) is 21.4. The fourth-order valence-electron chi connectivity index (χ4n) is 4.50. The van der Waals surface area contributed by atoms with Gasteiger partial charge in [0.05, 0.1) is 0 Å². The summed E-state index contributed by atoms with van der Waals surface area (Å²) >= 11 is 0. The number of fused-ring (bicyclic) bond motifs is 2. The van der Waals surface area contributed by atoms with Crippen molar-refractivity contribution in [1.82, 2.24) is 9.97 Å². The van der Waals surface area contributed by atoms with Crippen LogP contribution in [0.3, 0.4) is 0 Å². The molecule has 0 atom stereocenters. The molecule has 1 amide bonds. The van der Waals surface area contributed by atoms with Crippen LogP contribution in [0.5, 0.6) is 0 Å². The molecule has 0 unspecified atom stereocenters. The molecule has 1 aromatic heterocycles. The van der Waals surface area contributed by atoms with E-state index >= 15 is 0 Å². The maximum atomic E-state index is 14.1. The van der Waals surface area contributed by atoms with E-state index in [-0.39, 0.29) is 23.3 Å². The normalized spacial score (nSPS) is 22.1. The highest BCUT2D eigenvalue weighted by Gasteiger charge is 2.49. The van der Waals surface area contributed by atoms with Crippen molar-refractivity contribution in [1.29, 1.82) is 0 Å². The first kappa shape index (κ1) is 19.4. The largest absolute Gasteiger partial charge is 0.450 e. The van der Waals surface area contributed by atoms with E-state index in [2.05, 4.69) is 15.3 Å². The first-order chi connectivity index (χ1) is 15.1. The van der Waals surface area contributed by atoms with Crippen molar-refractivity contribution in [3.05, 3.63) is 77.9 Å². The zero-order valence-corrected chi connectivity index (χ0v) is 16.7. The van der Waals surface area contributed by atoms with Crippen LogP contribution < -0.4 is 5.32 Å². The molecule has 1 saturated carbocycles. The summed E-state index contributed by atoms with van der Waals surface area (Å²) in [6, 6.07) is 14.4. The van der Waals surface area contributed by atoms with E-state index in [0.29, 0.717) is 31.2 Å². The van der Waals surface area contributed by atoms with E-state index in [0.717, 1.165) is 11.1 Å². The second-order valence-electron chi connectivity index (χ2n) is 7.97. The molecule has 3 aromatic rings. The third-order valence-corrected chi connectivity index (χ3v) is 6.15. The van der Waals surface area contributed by atoms with Gasteiger partial charge in [0.2, 0.25) is 11.9 Å². The number of carbonyl (C=O) groups excluding carboxylic acids is 2. The van der Waals surface area contributed by atoms with Crippen LogP contribution in [-0.2, 0) is 15.1 Å². The van der Waals surface area contributed by atoms with Gasteiger partial charge in [0.1, 0.15) is 17.0 Å². The maximum Gasteiger partial charge on any atom is 0.342 e. The van der Waals surface area contributed by atoms with E-state index in [1.54, 1.807) is 24.5 Å². The Labute approximate surface area is 178 Å². The van der Waals surface area contributed by atoms with Crippen LogP contribution >= 0.6 is 0 Å². The molecule has 156 valence electrons. The molecule has 1 N–H and O–H groups in total. The van der Waals surface area contributed by atoms with Gasteiger partial charge < -0.3 is 4.74 Å². The molecular formula is C24H20FN3O3. The average molecular weight is 417 g/mol. The van der Waals surface area contributed by atoms with Crippen molar-refractivity contribution in [2.45, 2.75) is 31.3 Å². The monoisotopic (exact) mass is 417 g/mol. The highest BCUT2D eigenvalue weighted by Crippen LogP contribution is 2.48. The molecule has 1 spiro atoms. The van der Waals surface area contributed by atoms with Crippen LogP contribution in [0, 0.1) is 11.7 Å². The first-order valence-electron chi connectivity index (χ1n) is 10.3. The van der Waals surface area contributed by atoms with E-state index in [1.165, 1.54) is 6.07 Å². The summed E-state index contributed by atoms with van der Waals surface area (Å²) in [6.07, 6.45) is 5.35. The smallest absolute Gasteiger partial charge is 0.342 e. The quantitative estimate of drug-likeness (QED) is 0.636. The van der Waals surface area contributed by atoms with Gasteiger partial charge in [-0.05, 0) is 37.3 Å². The van der Waals surface area contributed by atoms with Crippen molar-refractivity contribution >= 4 is 17.8 Å². The molecule has 2 heterocycles. The van der Waals surface area contributed by atoms with Crippen LogP contribution in [-0.4, -0.2) is 21.8 Å². The van der Waals surface area contributed by atoms with Crippen LogP contribution in [0.1, 0.15) is 41.6 Å². The molecule has 0 radical (unpaired) electrons. The zero-order valence-electron chi connectivity index (χ0n) is 16.7. The summed E-state index contributed by atoms with van der Waals surface area (Å²) in [5.74, 6) is -1.34. The Morgan fingerprint density at radius 3 is 2.42 bits per heavy atom. The maximum absolute atomic E-state index is 14.1. The highest BCUT2D eigenvalue weighted by atomic mass is 19.1. The number of esters is 1. The van der Waals surface area contributed by atoms with Crippen molar-refractivity contribution in [2.24, 2.45) is 5.92 Å². The van der Waals surface area contributed by atoms with Crippen LogP contribution in [0.25, 0.3) is 11.1 Å². The minimum atomic E-state index is -0.834. The Kier molecular flexibility index (Phi) is 4.73. The molecule has 6 nitrogen and oxygen atoms in total. The Hall–Kier alpha value is -3.61. The predicted molar refractivity (Wildman–Crippen MR) is 112 cm³/mol. The number of rotatable bonds is 3. The molecule has 2 aliphatic rings. The number of nitrogens with zero attached hydrogens (tertiary/aromatic N) is 2. The number of nitrogens with one attached hydrogen (secondary N) is 1. The summed E-state index contributed by atoms with van der Waals surface area (Å²) in [7, 11) is 0. The minimum absolute atomic E-state index is 0.0253. The first-order valence-corrected chi connectivity index (χ1v) is 10.3.